The Morgan fingerprint density at radius 1 is 1.13 bits per heavy atom. The Morgan fingerprint density at radius 3 is 2.39 bits per heavy atom. The van der Waals surface area contributed by atoms with E-state index in [9.17, 15) is 30.8 Å². The van der Waals surface area contributed by atoms with Crippen LogP contribution in [0.15, 0.2) is 12.1 Å². The number of benzene rings is 1. The maximum atomic E-state index is 15.0. The number of carbonyl (C=O) groups excluding carboxylic acids is 1. The van der Waals surface area contributed by atoms with Gasteiger partial charge in [-0.05, 0) is 74.1 Å². The van der Waals surface area contributed by atoms with E-state index in [2.05, 4.69) is 10.2 Å². The number of rotatable bonds is 8. The van der Waals surface area contributed by atoms with Gasteiger partial charge in [-0.2, -0.15) is 13.2 Å². The Labute approximate surface area is 224 Å². The number of piperidine rings is 2. The molecule has 7 nitrogen and oxygen atoms in total. The van der Waals surface area contributed by atoms with Crippen molar-refractivity contribution in [2.45, 2.75) is 86.5 Å². The summed E-state index contributed by atoms with van der Waals surface area (Å²) >= 11 is 6.20. The minimum absolute atomic E-state index is 0.147. The predicted octanol–water partition coefficient (Wildman–Crippen LogP) is 4.01. The zero-order valence-corrected chi connectivity index (χ0v) is 22.3. The first-order valence-corrected chi connectivity index (χ1v) is 15.1. The van der Waals surface area contributed by atoms with Crippen LogP contribution in [0.5, 0.6) is 0 Å². The third-order valence-electron chi connectivity index (χ3n) is 7.82. The van der Waals surface area contributed by atoms with Crippen molar-refractivity contribution in [1.29, 1.82) is 0 Å². The molecule has 0 bridgehead atoms. The highest BCUT2D eigenvalue weighted by Gasteiger charge is 2.45. The number of ether oxygens (including phenoxy) is 1. The van der Waals surface area contributed by atoms with Crippen molar-refractivity contribution in [3.05, 3.63) is 34.6 Å². The molecule has 1 aromatic carbocycles. The van der Waals surface area contributed by atoms with Gasteiger partial charge in [0.05, 0.1) is 28.2 Å². The van der Waals surface area contributed by atoms with Crippen molar-refractivity contribution in [1.82, 2.24) is 14.9 Å². The minimum atomic E-state index is -4.29. The van der Waals surface area contributed by atoms with Gasteiger partial charge in [0.15, 0.2) is 0 Å². The average molecular weight is 582 g/mol. The van der Waals surface area contributed by atoms with Gasteiger partial charge >= 0.3 is 6.18 Å². The molecule has 0 aromatic heterocycles. The smallest absolute Gasteiger partial charge is 0.358 e. The summed E-state index contributed by atoms with van der Waals surface area (Å²) in [6.45, 7) is 1.57. The summed E-state index contributed by atoms with van der Waals surface area (Å²) in [4.78, 5) is 14.7. The first-order chi connectivity index (χ1) is 17.9. The summed E-state index contributed by atoms with van der Waals surface area (Å²) in [5, 5.41) is 1.45. The fourth-order valence-corrected chi connectivity index (χ4v) is 6.92. The van der Waals surface area contributed by atoms with E-state index in [1.165, 1.54) is 12.1 Å². The van der Waals surface area contributed by atoms with Gasteiger partial charge in [0.25, 0.3) is 5.91 Å². The lowest BCUT2D eigenvalue weighted by molar-refractivity contribution is -0.187. The molecule has 3 unspecified atom stereocenters. The normalized spacial score (nSPS) is 27.9. The highest BCUT2D eigenvalue weighted by atomic mass is 35.5. The van der Waals surface area contributed by atoms with E-state index in [0.717, 1.165) is 24.0 Å². The second-order valence-electron chi connectivity index (χ2n) is 10.9. The van der Waals surface area contributed by atoms with Crippen molar-refractivity contribution in [3.8, 4) is 0 Å². The van der Waals surface area contributed by atoms with Crippen LogP contribution in [0.2, 0.25) is 0 Å². The molecule has 0 spiro atoms. The number of likely N-dealkylation sites (tertiary alicyclic amines) is 1. The van der Waals surface area contributed by atoms with Crippen LogP contribution < -0.4 is 10.0 Å². The maximum absolute atomic E-state index is 15.0. The summed E-state index contributed by atoms with van der Waals surface area (Å²) < 4.78 is 86.2. The summed E-state index contributed by atoms with van der Waals surface area (Å²) in [7, 11) is -3.78. The van der Waals surface area contributed by atoms with E-state index in [1.807, 2.05) is 4.72 Å². The number of carbonyl (C=O) groups is 1. The molecule has 4 fully saturated rings. The fourth-order valence-electron chi connectivity index (χ4n) is 5.26. The molecule has 2 saturated carbocycles. The van der Waals surface area contributed by atoms with Crippen molar-refractivity contribution < 1.29 is 35.5 Å². The molecule has 3 atom stereocenters. The van der Waals surface area contributed by atoms with E-state index in [1.54, 1.807) is 0 Å². The van der Waals surface area contributed by atoms with Crippen LogP contribution in [0.25, 0.3) is 0 Å². The Balaban J connectivity index is 1.17. The number of halogens is 5. The first kappa shape index (κ1) is 28.1. The second-order valence-corrected chi connectivity index (χ2v) is 13.4. The van der Waals surface area contributed by atoms with Crippen LogP contribution in [0.3, 0.4) is 0 Å². The maximum Gasteiger partial charge on any atom is 0.393 e. The number of nitrogens with zero attached hydrogens (tertiary/aromatic N) is 1. The van der Waals surface area contributed by atoms with E-state index >= 15 is 0 Å². The summed E-state index contributed by atoms with van der Waals surface area (Å²) in [6.07, 6.45) is -1.07. The van der Waals surface area contributed by atoms with Crippen LogP contribution in [0, 0.1) is 11.7 Å². The van der Waals surface area contributed by atoms with E-state index in [4.69, 9.17) is 16.3 Å². The van der Waals surface area contributed by atoms with E-state index in [0.29, 0.717) is 45.3 Å². The molecule has 13 heteroatoms. The molecule has 2 N–H and O–H groups in total. The van der Waals surface area contributed by atoms with E-state index < -0.39 is 50.7 Å². The zero-order valence-electron chi connectivity index (χ0n) is 20.8. The lowest BCUT2D eigenvalue weighted by Crippen LogP contribution is -2.53. The summed E-state index contributed by atoms with van der Waals surface area (Å²) in [5.41, 5.74) is 1.39. The standard InChI is InChI=1S/C25H32ClF4N3O4S/c26-21-10-16(25(28,29)30)12-31-24(21)37-17-5-7-33(8-6-17)13-15-9-22(27)20(11-19(15)14-1-2-14)23(34)32-38(35,36)18-3-4-18/h9,11,14,16-18,21,24,31H,1-8,10,12-13H2,(H,32,34). The number of hydrogen-bond acceptors (Lipinski definition) is 6. The van der Waals surface area contributed by atoms with E-state index in [-0.39, 0.29) is 30.6 Å². The Hall–Kier alpha value is -1.47. The monoisotopic (exact) mass is 581 g/mol. The van der Waals surface area contributed by atoms with Crippen LogP contribution >= 0.6 is 11.6 Å². The highest BCUT2D eigenvalue weighted by molar-refractivity contribution is 7.91. The van der Waals surface area contributed by atoms with Gasteiger partial charge in [0.2, 0.25) is 10.0 Å². The summed E-state index contributed by atoms with van der Waals surface area (Å²) in [6, 6.07) is 2.84. The highest BCUT2D eigenvalue weighted by Crippen LogP contribution is 2.43. The number of nitrogens with one attached hydrogen (secondary N) is 2. The van der Waals surface area contributed by atoms with Crippen molar-refractivity contribution >= 4 is 27.5 Å². The largest absolute Gasteiger partial charge is 0.393 e. The van der Waals surface area contributed by atoms with Crippen LogP contribution in [0.1, 0.15) is 72.3 Å². The lowest BCUT2D eigenvalue weighted by Gasteiger charge is -2.39. The van der Waals surface area contributed by atoms with Crippen LogP contribution in [0.4, 0.5) is 17.6 Å². The first-order valence-electron chi connectivity index (χ1n) is 13.1. The molecule has 1 aromatic rings. The minimum Gasteiger partial charge on any atom is -0.358 e. The van der Waals surface area contributed by atoms with Gasteiger partial charge < -0.3 is 4.74 Å². The van der Waals surface area contributed by atoms with Gasteiger partial charge in [-0.1, -0.05) is 0 Å². The number of alkyl halides is 4. The lowest BCUT2D eigenvalue weighted by atomic mass is 9.97. The molecule has 2 aliphatic heterocycles. The fraction of sp³-hybridized carbons (Fsp3) is 0.720. The molecule has 2 heterocycles. The Kier molecular flexibility index (Phi) is 8.00. The third kappa shape index (κ3) is 6.63. The van der Waals surface area contributed by atoms with Crippen molar-refractivity contribution in [3.63, 3.8) is 0 Å². The van der Waals surface area contributed by atoms with Crippen LogP contribution in [-0.2, 0) is 21.3 Å². The number of amides is 1. The van der Waals surface area contributed by atoms with Gasteiger partial charge in [0, 0.05) is 26.2 Å². The molecular formula is C25H32ClF4N3O4S. The summed E-state index contributed by atoms with van der Waals surface area (Å²) in [5.74, 6) is -2.94. The molecule has 2 saturated heterocycles. The molecule has 1 amide bonds. The van der Waals surface area contributed by atoms with Gasteiger partial charge in [-0.25, -0.2) is 17.5 Å². The Bertz CT molecular complexity index is 1150. The Morgan fingerprint density at radius 2 is 1.82 bits per heavy atom. The van der Waals surface area contributed by atoms with Crippen molar-refractivity contribution in [2.24, 2.45) is 5.92 Å². The van der Waals surface area contributed by atoms with Gasteiger partial charge in [-0.3, -0.25) is 15.0 Å². The number of hydrogen-bond donors (Lipinski definition) is 2. The molecular weight excluding hydrogens is 550 g/mol. The molecule has 38 heavy (non-hydrogen) atoms. The average Bonchev–Trinajstić information content (AvgIpc) is 3.74. The molecule has 4 aliphatic rings. The zero-order chi connectivity index (χ0) is 27.2. The van der Waals surface area contributed by atoms with Gasteiger partial charge in [0.1, 0.15) is 12.0 Å². The topological polar surface area (TPSA) is 87.7 Å². The van der Waals surface area contributed by atoms with Gasteiger partial charge in [-0.15, -0.1) is 11.6 Å². The van der Waals surface area contributed by atoms with Crippen molar-refractivity contribution in [2.75, 3.05) is 19.6 Å². The van der Waals surface area contributed by atoms with Crippen LogP contribution in [-0.4, -0.2) is 68.0 Å². The molecule has 5 rings (SSSR count). The molecule has 2 aliphatic carbocycles. The third-order valence-corrected chi connectivity index (χ3v) is 10.0. The quantitative estimate of drug-likeness (QED) is 0.356. The second kappa shape index (κ2) is 10.8. The molecule has 212 valence electrons. The predicted molar refractivity (Wildman–Crippen MR) is 133 cm³/mol. The molecule has 0 radical (unpaired) electrons. The SMILES string of the molecule is O=C(NS(=O)(=O)C1CC1)c1cc(C2CC2)c(CN2CCC(OC3NCC(C(F)(F)F)CC3Cl)CC2)cc1F. The number of sulfonamides is 1.